The van der Waals surface area contributed by atoms with Gasteiger partial charge in [0, 0.05) is 5.02 Å². The molecule has 132 valence electrons. The summed E-state index contributed by atoms with van der Waals surface area (Å²) in [7, 11) is 1.41. The van der Waals surface area contributed by atoms with Crippen LogP contribution in [0.2, 0.25) is 10.0 Å². The van der Waals surface area contributed by atoms with Crippen LogP contribution < -0.4 is 10.1 Å². The highest BCUT2D eigenvalue weighted by atomic mass is 35.5. The van der Waals surface area contributed by atoms with Crippen molar-refractivity contribution >= 4 is 40.8 Å². The first kappa shape index (κ1) is 19.0. The summed E-state index contributed by atoms with van der Waals surface area (Å²) in [5.74, 6) is -3.87. The fourth-order valence-corrected chi connectivity index (χ4v) is 2.25. The van der Waals surface area contributed by atoms with E-state index in [1.807, 2.05) is 0 Å². The number of hydrogen-bond acceptors (Lipinski definition) is 4. The highest BCUT2D eigenvalue weighted by Crippen LogP contribution is 2.27. The number of ether oxygens (including phenoxy) is 2. The first-order valence-corrected chi connectivity index (χ1v) is 7.52. The number of carbonyl (C=O) groups is 2. The molecular weight excluding hydrogens is 379 g/mol. The maximum Gasteiger partial charge on any atom is 0.340 e. The number of carbonyl (C=O) groups excluding carboxylic acids is 2. The number of halogens is 4. The van der Waals surface area contributed by atoms with E-state index < -0.39 is 35.7 Å². The molecule has 0 spiro atoms. The number of methoxy groups -OCH3 is 1. The van der Waals surface area contributed by atoms with Gasteiger partial charge in [-0.05, 0) is 30.3 Å². The molecule has 1 amide bonds. The largest absolute Gasteiger partial charge is 0.495 e. The Morgan fingerprint density at radius 3 is 2.48 bits per heavy atom. The van der Waals surface area contributed by atoms with Gasteiger partial charge in [0.2, 0.25) is 0 Å². The van der Waals surface area contributed by atoms with Crippen molar-refractivity contribution in [3.8, 4) is 5.75 Å². The minimum Gasteiger partial charge on any atom is -0.495 e. The molecule has 0 aliphatic heterocycles. The van der Waals surface area contributed by atoms with Gasteiger partial charge in [0.05, 0.1) is 23.4 Å². The molecule has 25 heavy (non-hydrogen) atoms. The van der Waals surface area contributed by atoms with Crippen LogP contribution in [-0.2, 0) is 9.53 Å². The van der Waals surface area contributed by atoms with Crippen LogP contribution in [0, 0.1) is 11.6 Å². The summed E-state index contributed by atoms with van der Waals surface area (Å²) in [5.41, 5.74) is -0.115. The van der Waals surface area contributed by atoms with E-state index in [1.54, 1.807) is 12.1 Å². The molecule has 0 unspecified atom stereocenters. The van der Waals surface area contributed by atoms with Gasteiger partial charge in [-0.1, -0.05) is 23.2 Å². The van der Waals surface area contributed by atoms with Crippen LogP contribution in [0.15, 0.2) is 30.3 Å². The molecule has 0 aliphatic carbocycles. The van der Waals surface area contributed by atoms with E-state index in [-0.39, 0.29) is 10.7 Å². The standard InChI is InChI=1S/C16H11Cl2F2NO4/c1-24-14-3-2-8(17)4-13(14)21-15(22)7-25-16(23)9-5-11(19)12(20)6-10(9)18/h2-6H,7H2,1H3,(H,21,22). The first-order valence-electron chi connectivity index (χ1n) is 6.77. The van der Waals surface area contributed by atoms with Crippen molar-refractivity contribution in [2.45, 2.75) is 0 Å². The summed E-state index contributed by atoms with van der Waals surface area (Å²) in [5, 5.41) is 2.48. The second-order valence-electron chi connectivity index (χ2n) is 4.72. The Bertz CT molecular complexity index is 830. The molecule has 1 N–H and O–H groups in total. The number of hydrogen-bond donors (Lipinski definition) is 1. The molecule has 0 fully saturated rings. The van der Waals surface area contributed by atoms with Crippen molar-refractivity contribution in [3.05, 3.63) is 57.6 Å². The van der Waals surface area contributed by atoms with Gasteiger partial charge in [-0.15, -0.1) is 0 Å². The Morgan fingerprint density at radius 2 is 1.80 bits per heavy atom. The summed E-state index contributed by atoms with van der Waals surface area (Å²) in [6, 6.07) is 5.81. The lowest BCUT2D eigenvalue weighted by atomic mass is 10.2. The quantitative estimate of drug-likeness (QED) is 0.618. The highest BCUT2D eigenvalue weighted by Gasteiger charge is 2.18. The van der Waals surface area contributed by atoms with Crippen molar-refractivity contribution < 1.29 is 27.8 Å². The average Bonchev–Trinajstić information content (AvgIpc) is 2.56. The molecule has 0 bridgehead atoms. The van der Waals surface area contributed by atoms with Gasteiger partial charge < -0.3 is 14.8 Å². The number of rotatable bonds is 5. The molecule has 9 heteroatoms. The van der Waals surface area contributed by atoms with Gasteiger partial charge in [-0.2, -0.15) is 0 Å². The Balaban J connectivity index is 2.02. The van der Waals surface area contributed by atoms with Gasteiger partial charge in [0.25, 0.3) is 5.91 Å². The topological polar surface area (TPSA) is 64.6 Å². The molecule has 0 radical (unpaired) electrons. The van der Waals surface area contributed by atoms with Crippen LogP contribution in [0.4, 0.5) is 14.5 Å². The summed E-state index contributed by atoms with van der Waals surface area (Å²) < 4.78 is 36.0. The second-order valence-corrected chi connectivity index (χ2v) is 5.56. The molecule has 2 rings (SSSR count). The molecule has 0 atom stereocenters. The zero-order valence-electron chi connectivity index (χ0n) is 12.7. The molecule has 0 aromatic heterocycles. The summed E-state index contributed by atoms with van der Waals surface area (Å²) in [4.78, 5) is 23.7. The summed E-state index contributed by atoms with van der Waals surface area (Å²) >= 11 is 11.5. The number of esters is 1. The SMILES string of the molecule is COc1ccc(Cl)cc1NC(=O)COC(=O)c1cc(F)c(F)cc1Cl. The van der Waals surface area contributed by atoms with Crippen molar-refractivity contribution in [2.24, 2.45) is 0 Å². The Kier molecular flexibility index (Phi) is 6.17. The van der Waals surface area contributed by atoms with Gasteiger partial charge >= 0.3 is 5.97 Å². The predicted molar refractivity (Wildman–Crippen MR) is 88.3 cm³/mol. The lowest BCUT2D eigenvalue weighted by Gasteiger charge is -2.11. The van der Waals surface area contributed by atoms with Crippen LogP contribution in [0.3, 0.4) is 0 Å². The van der Waals surface area contributed by atoms with Crippen molar-refractivity contribution in [2.75, 3.05) is 19.0 Å². The molecule has 2 aromatic rings. The molecular formula is C16H11Cl2F2NO4. The third kappa shape index (κ3) is 4.80. The van der Waals surface area contributed by atoms with E-state index in [2.05, 4.69) is 5.32 Å². The zero-order chi connectivity index (χ0) is 18.6. The van der Waals surface area contributed by atoms with Crippen molar-refractivity contribution in [1.29, 1.82) is 0 Å². The number of amides is 1. The normalized spacial score (nSPS) is 10.3. The maximum atomic E-state index is 13.2. The van der Waals surface area contributed by atoms with Crippen molar-refractivity contribution in [3.63, 3.8) is 0 Å². The van der Waals surface area contributed by atoms with E-state index in [1.165, 1.54) is 13.2 Å². The van der Waals surface area contributed by atoms with Crippen LogP contribution in [0.25, 0.3) is 0 Å². The molecule has 0 saturated heterocycles. The molecule has 2 aromatic carbocycles. The summed E-state index contributed by atoms with van der Waals surface area (Å²) in [6.07, 6.45) is 0. The molecule has 0 saturated carbocycles. The smallest absolute Gasteiger partial charge is 0.340 e. The maximum absolute atomic E-state index is 13.2. The lowest BCUT2D eigenvalue weighted by Crippen LogP contribution is -2.21. The third-order valence-corrected chi connectivity index (χ3v) is 3.55. The van der Waals surface area contributed by atoms with E-state index >= 15 is 0 Å². The van der Waals surface area contributed by atoms with Crippen LogP contribution >= 0.6 is 23.2 Å². The zero-order valence-corrected chi connectivity index (χ0v) is 14.3. The van der Waals surface area contributed by atoms with Gasteiger partial charge in [-0.25, -0.2) is 13.6 Å². The third-order valence-electron chi connectivity index (χ3n) is 3.00. The Morgan fingerprint density at radius 1 is 1.12 bits per heavy atom. The minimum atomic E-state index is -1.26. The number of anilines is 1. The minimum absolute atomic E-state index is 0.280. The van der Waals surface area contributed by atoms with E-state index in [4.69, 9.17) is 32.7 Å². The highest BCUT2D eigenvalue weighted by molar-refractivity contribution is 6.33. The molecule has 5 nitrogen and oxygen atoms in total. The van der Waals surface area contributed by atoms with Gasteiger partial charge in [0.1, 0.15) is 5.75 Å². The number of nitrogens with one attached hydrogen (secondary N) is 1. The average molecular weight is 390 g/mol. The van der Waals surface area contributed by atoms with E-state index in [0.717, 1.165) is 0 Å². The van der Waals surface area contributed by atoms with E-state index in [9.17, 15) is 18.4 Å². The summed E-state index contributed by atoms with van der Waals surface area (Å²) in [6.45, 7) is -0.677. The Labute approximate surface area is 151 Å². The fourth-order valence-electron chi connectivity index (χ4n) is 1.85. The lowest BCUT2D eigenvalue weighted by molar-refractivity contribution is -0.119. The number of benzene rings is 2. The monoisotopic (exact) mass is 389 g/mol. The van der Waals surface area contributed by atoms with Crippen LogP contribution in [-0.4, -0.2) is 25.6 Å². The van der Waals surface area contributed by atoms with Gasteiger partial charge in [-0.3, -0.25) is 4.79 Å². The first-order chi connectivity index (χ1) is 11.8. The van der Waals surface area contributed by atoms with Gasteiger partial charge in [0.15, 0.2) is 18.2 Å². The predicted octanol–water partition coefficient (Wildman–Crippen LogP) is 4.08. The second kappa shape index (κ2) is 8.13. The molecule has 0 aliphatic rings. The van der Waals surface area contributed by atoms with Crippen molar-refractivity contribution in [1.82, 2.24) is 0 Å². The Hall–Kier alpha value is -2.38. The van der Waals surface area contributed by atoms with E-state index in [0.29, 0.717) is 22.9 Å². The van der Waals surface area contributed by atoms with Crippen LogP contribution in [0.1, 0.15) is 10.4 Å². The van der Waals surface area contributed by atoms with Crippen LogP contribution in [0.5, 0.6) is 5.75 Å². The molecule has 0 heterocycles. The fraction of sp³-hybridized carbons (Fsp3) is 0.125.